The topological polar surface area (TPSA) is 73.5 Å². The molecule has 23 heavy (non-hydrogen) atoms. The number of benzene rings is 3. The maximum absolute atomic E-state index is 9.81. The molecule has 0 saturated heterocycles. The molecule has 0 fully saturated rings. The lowest BCUT2D eigenvalue weighted by Gasteiger charge is -2.15. The number of phenolic OH excluding ortho intramolecular Hbond substituents is 2. The molecule has 3 aromatic carbocycles. The Morgan fingerprint density at radius 3 is 2.65 bits per heavy atom. The van der Waals surface area contributed by atoms with Crippen LogP contribution in [0.3, 0.4) is 0 Å². The van der Waals surface area contributed by atoms with Crippen LogP contribution in [0, 0.1) is 11.3 Å². The Morgan fingerprint density at radius 2 is 1.91 bits per heavy atom. The lowest BCUT2D eigenvalue weighted by Crippen LogP contribution is -1.94. The van der Waals surface area contributed by atoms with Crippen LogP contribution < -0.4 is 4.74 Å². The molecule has 0 amide bonds. The van der Waals surface area contributed by atoms with Gasteiger partial charge in [0, 0.05) is 5.39 Å². The van der Waals surface area contributed by atoms with Crippen LogP contribution in [0.2, 0.25) is 0 Å². The third-order valence-electron chi connectivity index (χ3n) is 3.74. The summed E-state index contributed by atoms with van der Waals surface area (Å²) in [5.74, 6) is 1.01. The van der Waals surface area contributed by atoms with E-state index in [1.165, 1.54) is 6.07 Å². The van der Waals surface area contributed by atoms with Crippen LogP contribution >= 0.6 is 0 Å². The number of aromatic hydroxyl groups is 2. The molecule has 3 rings (SSSR count). The monoisotopic (exact) mass is 305 g/mol. The minimum absolute atomic E-state index is 0.102. The highest BCUT2D eigenvalue weighted by Gasteiger charge is 2.14. The summed E-state index contributed by atoms with van der Waals surface area (Å²) in [6, 6.07) is 15.6. The fourth-order valence-electron chi connectivity index (χ4n) is 2.56. The Labute approximate surface area is 133 Å². The molecule has 0 unspecified atom stereocenters. The van der Waals surface area contributed by atoms with E-state index < -0.39 is 0 Å². The Balaban J connectivity index is 2.20. The molecular formula is C19H15NO3. The van der Waals surface area contributed by atoms with Gasteiger partial charge in [-0.25, -0.2) is 0 Å². The first-order valence-corrected chi connectivity index (χ1v) is 7.28. The molecule has 0 atom stereocenters. The summed E-state index contributed by atoms with van der Waals surface area (Å²) in [6.45, 7) is 2.02. The Hall–Kier alpha value is -3.19. The number of hydrogen-bond acceptors (Lipinski definition) is 4. The summed E-state index contributed by atoms with van der Waals surface area (Å²) >= 11 is 0. The smallest absolute Gasteiger partial charge is 0.149 e. The largest absolute Gasteiger partial charge is 0.508 e. The number of nitrogens with zero attached hydrogens (tertiary/aromatic N) is 1. The molecule has 2 N–H and O–H groups in total. The highest BCUT2D eigenvalue weighted by atomic mass is 16.5. The average Bonchev–Trinajstić information content (AvgIpc) is 2.55. The molecule has 0 aliphatic rings. The summed E-state index contributed by atoms with van der Waals surface area (Å²) in [7, 11) is 0. The highest BCUT2D eigenvalue weighted by Crippen LogP contribution is 2.38. The summed E-state index contributed by atoms with van der Waals surface area (Å²) in [4.78, 5) is 0. The number of hydrogen-bond donors (Lipinski definition) is 2. The van der Waals surface area contributed by atoms with Crippen molar-refractivity contribution in [2.45, 2.75) is 13.3 Å². The zero-order chi connectivity index (χ0) is 16.4. The third-order valence-corrected chi connectivity index (χ3v) is 3.74. The summed E-state index contributed by atoms with van der Waals surface area (Å²) in [6.07, 6.45) is 0.757. The van der Waals surface area contributed by atoms with Crippen molar-refractivity contribution in [2.75, 3.05) is 0 Å². The number of aryl methyl sites for hydroxylation is 1. The Bertz CT molecular complexity index is 926. The molecule has 0 saturated carbocycles. The summed E-state index contributed by atoms with van der Waals surface area (Å²) < 4.78 is 5.99. The van der Waals surface area contributed by atoms with Crippen LogP contribution in [0.15, 0.2) is 48.5 Å². The number of fused-ring (bicyclic) bond motifs is 1. The summed E-state index contributed by atoms with van der Waals surface area (Å²) in [5, 5.41) is 30.4. The van der Waals surface area contributed by atoms with E-state index in [4.69, 9.17) is 4.74 Å². The molecule has 0 spiro atoms. The third kappa shape index (κ3) is 2.65. The van der Waals surface area contributed by atoms with Crippen LogP contribution in [0.4, 0.5) is 0 Å². The van der Waals surface area contributed by atoms with Crippen LogP contribution in [0.5, 0.6) is 23.0 Å². The number of nitriles is 1. The summed E-state index contributed by atoms with van der Waals surface area (Å²) in [5.41, 5.74) is 1.08. The number of ether oxygens (including phenoxy) is 1. The molecule has 114 valence electrons. The van der Waals surface area contributed by atoms with E-state index >= 15 is 0 Å². The van der Waals surface area contributed by atoms with Gasteiger partial charge in [-0.05, 0) is 47.7 Å². The zero-order valence-electron chi connectivity index (χ0n) is 12.6. The quantitative estimate of drug-likeness (QED) is 0.748. The Kier molecular flexibility index (Phi) is 3.78. The second-order valence-corrected chi connectivity index (χ2v) is 5.18. The van der Waals surface area contributed by atoms with Gasteiger partial charge in [0.05, 0.1) is 0 Å². The van der Waals surface area contributed by atoms with E-state index in [9.17, 15) is 15.5 Å². The molecule has 0 aliphatic heterocycles. The van der Waals surface area contributed by atoms with E-state index in [2.05, 4.69) is 0 Å². The van der Waals surface area contributed by atoms with Crippen molar-refractivity contribution in [3.8, 4) is 29.1 Å². The molecule has 4 heteroatoms. The van der Waals surface area contributed by atoms with Crippen molar-refractivity contribution >= 4 is 10.8 Å². The van der Waals surface area contributed by atoms with Gasteiger partial charge in [0.2, 0.25) is 0 Å². The number of phenols is 2. The average molecular weight is 305 g/mol. The van der Waals surface area contributed by atoms with E-state index in [-0.39, 0.29) is 17.1 Å². The van der Waals surface area contributed by atoms with Gasteiger partial charge < -0.3 is 14.9 Å². The molecule has 0 heterocycles. The zero-order valence-corrected chi connectivity index (χ0v) is 12.6. The lowest BCUT2D eigenvalue weighted by atomic mass is 10.0. The standard InChI is InChI=1S/C19H15NO3/c1-2-12-6-7-13-10-14(21)8-9-15(13)19(12)23-18-5-3-4-17(22)16(18)11-20/h3-10,21-22H,2H2,1H3. The van der Waals surface area contributed by atoms with E-state index in [1.807, 2.05) is 25.1 Å². The van der Waals surface area contributed by atoms with Crippen molar-refractivity contribution in [1.29, 1.82) is 5.26 Å². The molecule has 0 aromatic heterocycles. The second kappa shape index (κ2) is 5.90. The molecule has 0 radical (unpaired) electrons. The van der Waals surface area contributed by atoms with Crippen LogP contribution in [0.25, 0.3) is 10.8 Å². The van der Waals surface area contributed by atoms with Gasteiger partial charge >= 0.3 is 0 Å². The lowest BCUT2D eigenvalue weighted by molar-refractivity contribution is 0.452. The predicted octanol–water partition coefficient (Wildman–Crippen LogP) is 4.48. The van der Waals surface area contributed by atoms with E-state index in [0.29, 0.717) is 11.5 Å². The van der Waals surface area contributed by atoms with Crippen molar-refractivity contribution in [3.63, 3.8) is 0 Å². The van der Waals surface area contributed by atoms with Gasteiger partial charge in [-0.1, -0.05) is 25.1 Å². The maximum atomic E-state index is 9.81. The van der Waals surface area contributed by atoms with Crippen LogP contribution in [0.1, 0.15) is 18.1 Å². The van der Waals surface area contributed by atoms with E-state index in [1.54, 1.807) is 30.3 Å². The highest BCUT2D eigenvalue weighted by molar-refractivity contribution is 5.91. The predicted molar refractivity (Wildman–Crippen MR) is 87.9 cm³/mol. The van der Waals surface area contributed by atoms with Crippen molar-refractivity contribution < 1.29 is 14.9 Å². The van der Waals surface area contributed by atoms with Gasteiger partial charge in [0.25, 0.3) is 0 Å². The molecule has 4 nitrogen and oxygen atoms in total. The van der Waals surface area contributed by atoms with Crippen molar-refractivity contribution in [3.05, 3.63) is 59.7 Å². The minimum Gasteiger partial charge on any atom is -0.508 e. The van der Waals surface area contributed by atoms with Crippen molar-refractivity contribution in [2.24, 2.45) is 0 Å². The first kappa shape index (κ1) is 14.7. The molecular weight excluding hydrogens is 290 g/mol. The molecule has 3 aromatic rings. The van der Waals surface area contributed by atoms with E-state index in [0.717, 1.165) is 22.8 Å². The van der Waals surface area contributed by atoms with Crippen molar-refractivity contribution in [1.82, 2.24) is 0 Å². The van der Waals surface area contributed by atoms with Crippen LogP contribution in [-0.4, -0.2) is 10.2 Å². The first-order chi connectivity index (χ1) is 11.1. The van der Waals surface area contributed by atoms with Gasteiger partial charge in [0.1, 0.15) is 34.6 Å². The van der Waals surface area contributed by atoms with Gasteiger partial charge in [-0.3, -0.25) is 0 Å². The fourth-order valence-corrected chi connectivity index (χ4v) is 2.56. The first-order valence-electron chi connectivity index (χ1n) is 7.28. The maximum Gasteiger partial charge on any atom is 0.149 e. The SMILES string of the molecule is CCc1ccc2cc(O)ccc2c1Oc1cccc(O)c1C#N. The van der Waals surface area contributed by atoms with Gasteiger partial charge in [-0.15, -0.1) is 0 Å². The number of rotatable bonds is 3. The molecule has 0 aliphatic carbocycles. The minimum atomic E-state index is -0.110. The second-order valence-electron chi connectivity index (χ2n) is 5.18. The normalized spacial score (nSPS) is 10.4. The fraction of sp³-hybridized carbons (Fsp3) is 0.105. The van der Waals surface area contributed by atoms with Gasteiger partial charge in [-0.2, -0.15) is 5.26 Å². The molecule has 0 bridgehead atoms. The Morgan fingerprint density at radius 1 is 1.09 bits per heavy atom. The van der Waals surface area contributed by atoms with Gasteiger partial charge in [0.15, 0.2) is 0 Å². The van der Waals surface area contributed by atoms with Crippen LogP contribution in [-0.2, 0) is 6.42 Å².